The van der Waals surface area contributed by atoms with Crippen LogP contribution >= 0.6 is 11.6 Å². The van der Waals surface area contributed by atoms with Gasteiger partial charge in [0, 0.05) is 30.4 Å². The summed E-state index contributed by atoms with van der Waals surface area (Å²) in [7, 11) is 1.81. The predicted octanol–water partition coefficient (Wildman–Crippen LogP) is 2.75. The number of amides is 1. The molecule has 3 aromatic heterocycles. The average Bonchev–Trinajstić information content (AvgIpc) is 3.32. The molecule has 0 aliphatic heterocycles. The van der Waals surface area contributed by atoms with Crippen molar-refractivity contribution in [1.29, 1.82) is 0 Å². The Morgan fingerprint density at radius 2 is 2.17 bits per heavy atom. The molecule has 0 spiro atoms. The van der Waals surface area contributed by atoms with Crippen LogP contribution in [0.4, 0.5) is 0 Å². The lowest BCUT2D eigenvalue weighted by Crippen LogP contribution is -2.39. The Balaban J connectivity index is 1.78. The molecule has 0 radical (unpaired) electrons. The lowest BCUT2D eigenvalue weighted by Gasteiger charge is -2.26. The summed E-state index contributed by atoms with van der Waals surface area (Å²) < 4.78 is 9.13. The maximum atomic E-state index is 13.1. The number of carbonyl (C=O) groups is 1. The Hall–Kier alpha value is -3.17. The molecule has 9 nitrogen and oxygen atoms in total. The second-order valence-corrected chi connectivity index (χ2v) is 6.98. The maximum absolute atomic E-state index is 13.1. The molecule has 0 saturated heterocycles. The zero-order valence-corrected chi connectivity index (χ0v) is 17.0. The Morgan fingerprint density at radius 3 is 2.93 bits per heavy atom. The van der Waals surface area contributed by atoms with E-state index in [0.717, 1.165) is 15.9 Å². The van der Waals surface area contributed by atoms with Crippen molar-refractivity contribution in [2.45, 2.75) is 19.9 Å². The van der Waals surface area contributed by atoms with Gasteiger partial charge >= 0.3 is 0 Å². The first-order chi connectivity index (χ1) is 13.9. The van der Waals surface area contributed by atoms with Gasteiger partial charge in [-0.05, 0) is 26.0 Å². The third-order valence-corrected chi connectivity index (χ3v) is 5.17. The van der Waals surface area contributed by atoms with Crippen LogP contribution in [0.5, 0.6) is 5.75 Å². The van der Waals surface area contributed by atoms with Gasteiger partial charge in [0.15, 0.2) is 11.4 Å². The highest BCUT2D eigenvalue weighted by Gasteiger charge is 2.28. The van der Waals surface area contributed by atoms with Crippen molar-refractivity contribution in [2.75, 3.05) is 6.61 Å². The smallest absolute Gasteiger partial charge is 0.273 e. The van der Waals surface area contributed by atoms with Gasteiger partial charge < -0.3 is 4.74 Å². The molecule has 0 fully saturated rings. The number of fused-ring (bicyclic) bond motifs is 2. The second-order valence-electron chi connectivity index (χ2n) is 6.57. The van der Waals surface area contributed by atoms with Crippen LogP contribution in [0.3, 0.4) is 0 Å². The fourth-order valence-electron chi connectivity index (χ4n) is 3.35. The fraction of sp³-hybridized carbons (Fsp3) is 0.263. The van der Waals surface area contributed by atoms with Crippen molar-refractivity contribution in [1.82, 2.24) is 29.4 Å². The number of ether oxygens (including phenoxy) is 1. The van der Waals surface area contributed by atoms with E-state index >= 15 is 0 Å². The van der Waals surface area contributed by atoms with Crippen LogP contribution in [0.1, 0.15) is 35.8 Å². The highest BCUT2D eigenvalue weighted by Crippen LogP contribution is 2.39. The number of nitrogens with two attached hydrogens (primary N) is 1. The van der Waals surface area contributed by atoms with Crippen LogP contribution < -0.4 is 10.6 Å². The van der Waals surface area contributed by atoms with Crippen molar-refractivity contribution < 1.29 is 9.53 Å². The van der Waals surface area contributed by atoms with Crippen molar-refractivity contribution in [3.8, 4) is 5.75 Å². The summed E-state index contributed by atoms with van der Waals surface area (Å²) in [4.78, 5) is 17.3. The van der Waals surface area contributed by atoms with Gasteiger partial charge in [-0.1, -0.05) is 11.6 Å². The molecule has 4 rings (SSSR count). The number of hydrazine groups is 1. The van der Waals surface area contributed by atoms with Gasteiger partial charge in [-0.3, -0.25) is 14.5 Å². The van der Waals surface area contributed by atoms with Crippen LogP contribution in [-0.4, -0.2) is 41.9 Å². The molecule has 1 aromatic carbocycles. The van der Waals surface area contributed by atoms with E-state index in [9.17, 15) is 4.79 Å². The molecular weight excluding hydrogens is 394 g/mol. The largest absolute Gasteiger partial charge is 0.491 e. The van der Waals surface area contributed by atoms with E-state index in [0.29, 0.717) is 34.2 Å². The van der Waals surface area contributed by atoms with Gasteiger partial charge in [-0.15, -0.1) is 0 Å². The fourth-order valence-corrected chi connectivity index (χ4v) is 3.60. The molecule has 1 atom stereocenters. The Morgan fingerprint density at radius 1 is 1.38 bits per heavy atom. The molecule has 1 amide bonds. The standard InChI is InChI=1S/C19H20ClN7O2/c1-4-29-17-12(8-15(20)13-9-23-25(3)16(13)17)11(2)27(21)19(28)14-10-24-26-7-5-6-22-18(14)26/h5-11H,4,21H2,1-3H3. The molecule has 150 valence electrons. The summed E-state index contributed by atoms with van der Waals surface area (Å²) in [6.45, 7) is 4.15. The molecule has 1 unspecified atom stereocenters. The van der Waals surface area contributed by atoms with Crippen LogP contribution in [0.2, 0.25) is 5.02 Å². The highest BCUT2D eigenvalue weighted by atomic mass is 35.5. The average molecular weight is 414 g/mol. The van der Waals surface area contributed by atoms with Crippen LogP contribution in [0, 0.1) is 0 Å². The molecule has 0 aliphatic rings. The van der Waals surface area contributed by atoms with Crippen LogP contribution in [0.15, 0.2) is 36.9 Å². The minimum absolute atomic E-state index is 0.311. The molecule has 2 N–H and O–H groups in total. The number of hydrogen-bond acceptors (Lipinski definition) is 6. The SMILES string of the molecule is CCOc1c(C(C)N(N)C(=O)c2cnn3cccnc23)cc(Cl)c2cnn(C)c12. The van der Waals surface area contributed by atoms with E-state index in [-0.39, 0.29) is 0 Å². The topological polar surface area (TPSA) is 104 Å². The number of carbonyl (C=O) groups excluding carboxylic acids is 1. The summed E-state index contributed by atoms with van der Waals surface area (Å²) >= 11 is 6.48. The number of aromatic nitrogens is 5. The normalized spacial score (nSPS) is 12.4. The third-order valence-electron chi connectivity index (χ3n) is 4.86. The van der Waals surface area contributed by atoms with E-state index in [1.807, 2.05) is 20.9 Å². The van der Waals surface area contributed by atoms with Crippen molar-refractivity contribution in [3.63, 3.8) is 0 Å². The van der Waals surface area contributed by atoms with E-state index in [1.54, 1.807) is 35.4 Å². The minimum Gasteiger partial charge on any atom is -0.491 e. The molecule has 4 aromatic rings. The lowest BCUT2D eigenvalue weighted by molar-refractivity contribution is 0.0690. The quantitative estimate of drug-likeness (QED) is 0.306. The van der Waals surface area contributed by atoms with E-state index < -0.39 is 11.9 Å². The molecular formula is C19H20ClN7O2. The van der Waals surface area contributed by atoms with Crippen LogP contribution in [-0.2, 0) is 7.05 Å². The first kappa shape index (κ1) is 19.2. The van der Waals surface area contributed by atoms with Gasteiger partial charge in [0.05, 0.1) is 30.1 Å². The van der Waals surface area contributed by atoms with E-state index in [4.69, 9.17) is 22.2 Å². The van der Waals surface area contributed by atoms with Gasteiger partial charge in [-0.2, -0.15) is 10.2 Å². The van der Waals surface area contributed by atoms with Gasteiger partial charge in [0.2, 0.25) is 0 Å². The second kappa shape index (κ2) is 7.34. The Labute approximate surface area is 171 Å². The molecule has 0 bridgehead atoms. The van der Waals surface area contributed by atoms with Crippen molar-refractivity contribution >= 4 is 34.1 Å². The minimum atomic E-state index is -0.528. The number of benzene rings is 1. The molecule has 3 heterocycles. The number of aryl methyl sites for hydroxylation is 1. The highest BCUT2D eigenvalue weighted by molar-refractivity contribution is 6.35. The van der Waals surface area contributed by atoms with Crippen molar-refractivity contribution in [3.05, 3.63) is 53.1 Å². The van der Waals surface area contributed by atoms with Gasteiger partial charge in [0.25, 0.3) is 5.91 Å². The zero-order chi connectivity index (χ0) is 20.7. The predicted molar refractivity (Wildman–Crippen MR) is 109 cm³/mol. The molecule has 0 aliphatic carbocycles. The zero-order valence-electron chi connectivity index (χ0n) is 16.2. The molecule has 29 heavy (non-hydrogen) atoms. The first-order valence-corrected chi connectivity index (χ1v) is 9.45. The number of hydrogen-bond donors (Lipinski definition) is 1. The Kier molecular flexibility index (Phi) is 4.85. The summed E-state index contributed by atoms with van der Waals surface area (Å²) in [5, 5.41) is 10.9. The number of nitrogens with zero attached hydrogens (tertiary/aromatic N) is 6. The summed E-state index contributed by atoms with van der Waals surface area (Å²) in [6.07, 6.45) is 6.46. The monoisotopic (exact) mass is 413 g/mol. The van der Waals surface area contributed by atoms with Gasteiger partial charge in [-0.25, -0.2) is 15.3 Å². The number of rotatable bonds is 5. The van der Waals surface area contributed by atoms with Gasteiger partial charge in [0.1, 0.15) is 11.1 Å². The summed E-state index contributed by atoms with van der Waals surface area (Å²) in [6, 6.07) is 2.97. The lowest BCUT2D eigenvalue weighted by atomic mass is 10.0. The summed E-state index contributed by atoms with van der Waals surface area (Å²) in [5.74, 6) is 6.44. The third kappa shape index (κ3) is 3.08. The van der Waals surface area contributed by atoms with E-state index in [2.05, 4.69) is 15.2 Å². The first-order valence-electron chi connectivity index (χ1n) is 9.07. The van der Waals surface area contributed by atoms with E-state index in [1.165, 1.54) is 10.7 Å². The van der Waals surface area contributed by atoms with Crippen molar-refractivity contribution in [2.24, 2.45) is 12.9 Å². The summed E-state index contributed by atoms with van der Waals surface area (Å²) in [5.41, 5.74) is 2.18. The molecule has 10 heteroatoms. The maximum Gasteiger partial charge on any atom is 0.273 e. The number of halogens is 1. The van der Waals surface area contributed by atoms with Crippen LogP contribution in [0.25, 0.3) is 16.6 Å². The Bertz CT molecular complexity index is 1220. The molecule has 0 saturated carbocycles.